The fourth-order valence-corrected chi connectivity index (χ4v) is 3.74. The van der Waals surface area contributed by atoms with Crippen LogP contribution in [0.5, 0.6) is 5.75 Å². The Hall–Kier alpha value is -2.22. The standard InChI is InChI=1S/C24H35BrN2O5/c1-26-22(30)14-13-20(18-29)27(2)24(31)23-19(17-28)11-10-12-21(23)32-16-9-7-5-3-4-6-8-15-25/h10-12,17-18,20H,3-9,13-16H2,1-2H3,(H,26,30). The van der Waals surface area contributed by atoms with Crippen LogP contribution >= 0.6 is 15.9 Å². The zero-order chi connectivity index (χ0) is 23.8. The second-order valence-electron chi connectivity index (χ2n) is 7.68. The van der Waals surface area contributed by atoms with E-state index in [1.165, 1.54) is 44.7 Å². The number of carbonyl (C=O) groups is 4. The second-order valence-corrected chi connectivity index (χ2v) is 8.47. The lowest BCUT2D eigenvalue weighted by atomic mass is 10.0. The first kappa shape index (κ1) is 27.8. The van der Waals surface area contributed by atoms with Gasteiger partial charge in [0.15, 0.2) is 6.29 Å². The zero-order valence-electron chi connectivity index (χ0n) is 19.1. The lowest BCUT2D eigenvalue weighted by molar-refractivity contribution is -0.121. The summed E-state index contributed by atoms with van der Waals surface area (Å²) in [5, 5.41) is 3.55. The van der Waals surface area contributed by atoms with Crippen molar-refractivity contribution >= 4 is 40.3 Å². The van der Waals surface area contributed by atoms with Gasteiger partial charge in [0.05, 0.1) is 18.2 Å². The van der Waals surface area contributed by atoms with Gasteiger partial charge in [0.25, 0.3) is 5.91 Å². The average Bonchev–Trinajstić information content (AvgIpc) is 2.82. The number of nitrogens with zero attached hydrogens (tertiary/aromatic N) is 1. The van der Waals surface area contributed by atoms with Gasteiger partial charge in [-0.15, -0.1) is 0 Å². The number of halogens is 1. The van der Waals surface area contributed by atoms with Gasteiger partial charge in [0, 0.05) is 31.4 Å². The topological polar surface area (TPSA) is 92.8 Å². The first-order valence-electron chi connectivity index (χ1n) is 11.2. The second kappa shape index (κ2) is 16.4. The molecule has 1 unspecified atom stereocenters. The number of benzene rings is 1. The number of alkyl halides is 1. The van der Waals surface area contributed by atoms with Crippen LogP contribution < -0.4 is 10.1 Å². The number of hydrogen-bond acceptors (Lipinski definition) is 5. The van der Waals surface area contributed by atoms with E-state index in [0.29, 0.717) is 24.9 Å². The summed E-state index contributed by atoms with van der Waals surface area (Å²) in [7, 11) is 3.01. The molecule has 0 fully saturated rings. The molecule has 1 N–H and O–H groups in total. The van der Waals surface area contributed by atoms with Gasteiger partial charge in [0.1, 0.15) is 12.0 Å². The van der Waals surface area contributed by atoms with Crippen LogP contribution in [0.25, 0.3) is 0 Å². The number of rotatable bonds is 17. The molecule has 178 valence electrons. The minimum Gasteiger partial charge on any atom is -0.493 e. The third-order valence-corrected chi connectivity index (χ3v) is 5.92. The molecule has 0 aliphatic heterocycles. The highest BCUT2D eigenvalue weighted by atomic mass is 79.9. The molecule has 0 saturated carbocycles. The van der Waals surface area contributed by atoms with Crippen LogP contribution in [-0.2, 0) is 9.59 Å². The predicted molar refractivity (Wildman–Crippen MR) is 129 cm³/mol. The largest absolute Gasteiger partial charge is 0.493 e. The molecule has 0 heterocycles. The number of nitrogens with one attached hydrogen (secondary N) is 1. The Bertz CT molecular complexity index is 741. The normalized spacial score (nSPS) is 11.5. The van der Waals surface area contributed by atoms with Crippen molar-refractivity contribution in [1.29, 1.82) is 0 Å². The molecule has 0 aliphatic rings. The van der Waals surface area contributed by atoms with Crippen LogP contribution in [0, 0.1) is 0 Å². The minimum atomic E-state index is -0.781. The lowest BCUT2D eigenvalue weighted by Gasteiger charge is -2.25. The van der Waals surface area contributed by atoms with Gasteiger partial charge in [-0.1, -0.05) is 60.2 Å². The quantitative estimate of drug-likeness (QED) is 0.193. The summed E-state index contributed by atoms with van der Waals surface area (Å²) in [6.45, 7) is 0.446. The third-order valence-electron chi connectivity index (χ3n) is 5.36. The van der Waals surface area contributed by atoms with Crippen molar-refractivity contribution in [3.8, 4) is 5.75 Å². The van der Waals surface area contributed by atoms with Crippen molar-refractivity contribution in [3.05, 3.63) is 29.3 Å². The molecule has 0 spiro atoms. The third kappa shape index (κ3) is 9.51. The monoisotopic (exact) mass is 510 g/mol. The Morgan fingerprint density at radius 2 is 1.75 bits per heavy atom. The van der Waals surface area contributed by atoms with Gasteiger partial charge in [-0.05, 0) is 25.3 Å². The van der Waals surface area contributed by atoms with Crippen LogP contribution in [0.3, 0.4) is 0 Å². The highest BCUT2D eigenvalue weighted by molar-refractivity contribution is 9.09. The molecule has 0 bridgehead atoms. The summed E-state index contributed by atoms with van der Waals surface area (Å²) in [5.74, 6) is -0.360. The Balaban J connectivity index is 2.74. The maximum absolute atomic E-state index is 13.1. The van der Waals surface area contributed by atoms with E-state index in [0.717, 1.165) is 24.6 Å². The molecule has 32 heavy (non-hydrogen) atoms. The van der Waals surface area contributed by atoms with E-state index in [1.807, 2.05) is 0 Å². The van der Waals surface area contributed by atoms with Gasteiger partial charge in [-0.2, -0.15) is 0 Å². The summed E-state index contributed by atoms with van der Waals surface area (Å²) in [4.78, 5) is 49.0. The maximum atomic E-state index is 13.1. The zero-order valence-corrected chi connectivity index (χ0v) is 20.7. The summed E-state index contributed by atoms with van der Waals surface area (Å²) >= 11 is 3.44. The number of ether oxygens (including phenoxy) is 1. The van der Waals surface area contributed by atoms with Crippen molar-refractivity contribution in [3.63, 3.8) is 0 Å². The molecule has 0 aromatic heterocycles. The number of aldehydes is 2. The summed E-state index contributed by atoms with van der Waals surface area (Å²) in [5.41, 5.74) is 0.355. The van der Waals surface area contributed by atoms with Crippen molar-refractivity contribution in [2.24, 2.45) is 0 Å². The van der Waals surface area contributed by atoms with Gasteiger partial charge >= 0.3 is 0 Å². The fourth-order valence-electron chi connectivity index (χ4n) is 3.34. The van der Waals surface area contributed by atoms with E-state index in [1.54, 1.807) is 18.2 Å². The summed E-state index contributed by atoms with van der Waals surface area (Å²) < 4.78 is 5.86. The first-order chi connectivity index (χ1) is 15.5. The highest BCUT2D eigenvalue weighted by Crippen LogP contribution is 2.25. The molecule has 1 aromatic carbocycles. The van der Waals surface area contributed by atoms with Crippen LogP contribution in [0.1, 0.15) is 78.5 Å². The number of likely N-dealkylation sites (N-methyl/N-ethyl adjacent to an activating group) is 1. The van der Waals surface area contributed by atoms with Crippen molar-refractivity contribution in [2.75, 3.05) is 26.0 Å². The van der Waals surface area contributed by atoms with Crippen molar-refractivity contribution < 1.29 is 23.9 Å². The van der Waals surface area contributed by atoms with Gasteiger partial charge in [0.2, 0.25) is 5.91 Å². The molecule has 1 aromatic rings. The molecule has 0 aliphatic carbocycles. The Morgan fingerprint density at radius 1 is 1.09 bits per heavy atom. The summed E-state index contributed by atoms with van der Waals surface area (Å²) in [6, 6.07) is 4.10. The molecular formula is C24H35BrN2O5. The summed E-state index contributed by atoms with van der Waals surface area (Å²) in [6.07, 6.45) is 9.48. The van der Waals surface area contributed by atoms with Crippen molar-refractivity contribution in [1.82, 2.24) is 10.2 Å². The maximum Gasteiger partial charge on any atom is 0.258 e. The fraction of sp³-hybridized carbons (Fsp3) is 0.583. The first-order valence-corrected chi connectivity index (χ1v) is 12.3. The molecule has 8 heteroatoms. The predicted octanol–water partition coefficient (Wildman–Crippen LogP) is 4.17. The van der Waals surface area contributed by atoms with Crippen LogP contribution in [-0.4, -0.2) is 61.4 Å². The van der Waals surface area contributed by atoms with Gasteiger partial charge in [-0.3, -0.25) is 14.4 Å². The smallest absolute Gasteiger partial charge is 0.258 e. The van der Waals surface area contributed by atoms with E-state index in [-0.39, 0.29) is 29.9 Å². The Kier molecular flexibility index (Phi) is 14.3. The van der Waals surface area contributed by atoms with E-state index >= 15 is 0 Å². The van der Waals surface area contributed by atoms with E-state index in [9.17, 15) is 19.2 Å². The molecule has 2 amide bonds. The number of hydrogen-bond donors (Lipinski definition) is 1. The van der Waals surface area contributed by atoms with E-state index in [2.05, 4.69) is 21.2 Å². The van der Waals surface area contributed by atoms with Crippen LogP contribution in [0.4, 0.5) is 0 Å². The number of unbranched alkanes of at least 4 members (excludes halogenated alkanes) is 6. The Morgan fingerprint density at radius 3 is 2.34 bits per heavy atom. The van der Waals surface area contributed by atoms with Crippen LogP contribution in [0.15, 0.2) is 18.2 Å². The van der Waals surface area contributed by atoms with Crippen molar-refractivity contribution in [2.45, 2.75) is 63.8 Å². The molecular weight excluding hydrogens is 476 g/mol. The van der Waals surface area contributed by atoms with Crippen LogP contribution in [0.2, 0.25) is 0 Å². The molecule has 1 rings (SSSR count). The lowest BCUT2D eigenvalue weighted by Crippen LogP contribution is -2.39. The van der Waals surface area contributed by atoms with E-state index < -0.39 is 11.9 Å². The average molecular weight is 511 g/mol. The number of carbonyl (C=O) groups excluding carboxylic acids is 4. The highest BCUT2D eigenvalue weighted by Gasteiger charge is 2.26. The molecule has 1 atom stereocenters. The number of amides is 2. The Labute approximate surface area is 199 Å². The van der Waals surface area contributed by atoms with Gasteiger partial charge in [-0.25, -0.2) is 0 Å². The molecule has 0 saturated heterocycles. The van der Waals surface area contributed by atoms with E-state index in [4.69, 9.17) is 4.74 Å². The molecule has 0 radical (unpaired) electrons. The molecule has 7 nitrogen and oxygen atoms in total. The SMILES string of the molecule is CNC(=O)CCC(C=O)N(C)C(=O)c1c(C=O)cccc1OCCCCCCCCCBr. The minimum absolute atomic E-state index is 0.117. The van der Waals surface area contributed by atoms with Gasteiger partial charge < -0.3 is 19.7 Å².